The summed E-state index contributed by atoms with van der Waals surface area (Å²) in [6.45, 7) is 2.94. The third-order valence-corrected chi connectivity index (χ3v) is 9.87. The summed E-state index contributed by atoms with van der Waals surface area (Å²) in [4.78, 5) is 29.5. The Morgan fingerprint density at radius 3 is 2.37 bits per heavy atom. The predicted octanol–water partition coefficient (Wildman–Crippen LogP) is 6.34. The molecule has 0 aromatic heterocycles. The molecular formula is C34H36ClN3O4S. The van der Waals surface area contributed by atoms with Crippen LogP contribution in [0.3, 0.4) is 0 Å². The number of hydrogen-bond donors (Lipinski definition) is 1. The van der Waals surface area contributed by atoms with Crippen LogP contribution in [0.2, 0.25) is 5.02 Å². The highest BCUT2D eigenvalue weighted by molar-refractivity contribution is 7.93. The van der Waals surface area contributed by atoms with Crippen LogP contribution >= 0.6 is 11.6 Å². The molecule has 1 aliphatic rings. The van der Waals surface area contributed by atoms with Crippen molar-refractivity contribution < 1.29 is 18.0 Å². The maximum Gasteiger partial charge on any atom is 0.265 e. The van der Waals surface area contributed by atoms with Crippen molar-refractivity contribution in [2.45, 2.75) is 56.5 Å². The van der Waals surface area contributed by atoms with E-state index in [4.69, 9.17) is 11.6 Å². The Kier molecular flexibility index (Phi) is 9.68. The number of carbonyl (C=O) groups excluding carboxylic acids is 2. The van der Waals surface area contributed by atoms with E-state index in [9.17, 15) is 18.0 Å². The first-order valence-electron chi connectivity index (χ1n) is 14.7. The van der Waals surface area contributed by atoms with Crippen LogP contribution in [0, 0.1) is 0 Å². The van der Waals surface area contributed by atoms with E-state index >= 15 is 0 Å². The van der Waals surface area contributed by atoms with Gasteiger partial charge in [0.25, 0.3) is 10.0 Å². The third-order valence-electron chi connectivity index (χ3n) is 7.78. The quantitative estimate of drug-likeness (QED) is 0.177. The second-order valence-electron chi connectivity index (χ2n) is 10.8. The molecule has 7 nitrogen and oxygen atoms in total. The van der Waals surface area contributed by atoms with Gasteiger partial charge in [-0.25, -0.2) is 8.42 Å². The number of benzene rings is 4. The summed E-state index contributed by atoms with van der Waals surface area (Å²) in [5.74, 6) is -0.434. The first kappa shape index (κ1) is 30.6. The Morgan fingerprint density at radius 2 is 1.63 bits per heavy atom. The van der Waals surface area contributed by atoms with Crippen LogP contribution in [-0.4, -0.2) is 44.3 Å². The van der Waals surface area contributed by atoms with Gasteiger partial charge in [-0.1, -0.05) is 91.7 Å². The molecule has 2 amide bonds. The summed E-state index contributed by atoms with van der Waals surface area (Å²) in [5, 5.41) is 5.15. The van der Waals surface area contributed by atoms with E-state index in [2.05, 4.69) is 12.2 Å². The number of carbonyl (C=O) groups is 2. The Balaban J connectivity index is 1.39. The fraction of sp³-hybridized carbons (Fsp3) is 0.294. The minimum atomic E-state index is -3.72. The molecule has 43 heavy (non-hydrogen) atoms. The van der Waals surface area contributed by atoms with Gasteiger partial charge in [0.15, 0.2) is 0 Å². The van der Waals surface area contributed by atoms with Gasteiger partial charge in [-0.05, 0) is 53.6 Å². The average molecular weight is 618 g/mol. The molecule has 1 aliphatic heterocycles. The Bertz CT molecular complexity index is 1710. The molecule has 4 aromatic carbocycles. The lowest BCUT2D eigenvalue weighted by Crippen LogP contribution is -2.50. The van der Waals surface area contributed by atoms with E-state index in [-0.39, 0.29) is 31.3 Å². The molecule has 9 heteroatoms. The summed E-state index contributed by atoms with van der Waals surface area (Å²) in [5.41, 5.74) is 2.38. The minimum absolute atomic E-state index is 0.0758. The summed E-state index contributed by atoms with van der Waals surface area (Å²) >= 11 is 6.27. The van der Waals surface area contributed by atoms with E-state index < -0.39 is 16.1 Å². The highest BCUT2D eigenvalue weighted by atomic mass is 35.5. The number of sulfonamides is 1. The van der Waals surface area contributed by atoms with Gasteiger partial charge in [0, 0.05) is 42.9 Å². The predicted molar refractivity (Wildman–Crippen MR) is 172 cm³/mol. The highest BCUT2D eigenvalue weighted by Gasteiger charge is 2.36. The van der Waals surface area contributed by atoms with Crippen LogP contribution in [0.5, 0.6) is 0 Å². The first-order chi connectivity index (χ1) is 20.8. The maximum absolute atomic E-state index is 14.0. The fourth-order valence-electron chi connectivity index (χ4n) is 5.61. The zero-order valence-corrected chi connectivity index (χ0v) is 25.8. The molecule has 1 atom stereocenters. The highest BCUT2D eigenvalue weighted by Crippen LogP contribution is 2.42. The van der Waals surface area contributed by atoms with Crippen molar-refractivity contribution >= 4 is 49.9 Å². The molecule has 4 aromatic rings. The van der Waals surface area contributed by atoms with Gasteiger partial charge < -0.3 is 10.2 Å². The third kappa shape index (κ3) is 6.86. The standard InChI is InChI=1S/C34H36ClN3O4S/c1-2-3-20-36-34(40)30(23-25-11-5-4-6-12-25)37(24-26-13-7-16-28(35)22-26)32(39)19-10-21-38-29-17-8-14-27-15-9-18-31(33(27)29)43(38,41)42/h4-9,11-18,22,30H,2-3,10,19-21,23-24H2,1H3,(H,36,40)/t30-/m1/s1. The van der Waals surface area contributed by atoms with Gasteiger partial charge in [0.05, 0.1) is 10.6 Å². The molecule has 0 saturated carbocycles. The normalized spacial score (nSPS) is 14.0. The monoisotopic (exact) mass is 617 g/mol. The van der Waals surface area contributed by atoms with Crippen molar-refractivity contribution in [1.82, 2.24) is 10.2 Å². The van der Waals surface area contributed by atoms with Crippen molar-refractivity contribution in [3.63, 3.8) is 0 Å². The topological polar surface area (TPSA) is 86.8 Å². The zero-order chi connectivity index (χ0) is 30.4. The van der Waals surface area contributed by atoms with E-state index in [0.717, 1.165) is 29.4 Å². The number of amides is 2. The molecule has 0 bridgehead atoms. The molecule has 0 radical (unpaired) electrons. The molecule has 1 heterocycles. The number of halogens is 1. The average Bonchev–Trinajstić information content (AvgIpc) is 3.22. The van der Waals surface area contributed by atoms with Crippen LogP contribution in [-0.2, 0) is 32.6 Å². The SMILES string of the molecule is CCCCNC(=O)[C@@H](Cc1ccccc1)N(Cc1cccc(Cl)c1)C(=O)CCCN1c2cccc3cccc(c23)S1(=O)=O. The molecule has 0 unspecified atom stereocenters. The van der Waals surface area contributed by atoms with Crippen molar-refractivity contribution in [3.8, 4) is 0 Å². The number of nitrogens with zero attached hydrogens (tertiary/aromatic N) is 2. The second kappa shape index (κ2) is 13.6. The Labute approximate surface area is 258 Å². The number of anilines is 1. The lowest BCUT2D eigenvalue weighted by Gasteiger charge is -2.32. The molecule has 224 valence electrons. The number of unbranched alkanes of at least 4 members (excludes halogenated alkanes) is 1. The summed E-state index contributed by atoms with van der Waals surface area (Å²) in [7, 11) is -3.72. The van der Waals surface area contributed by atoms with Crippen LogP contribution < -0.4 is 9.62 Å². The van der Waals surface area contributed by atoms with E-state index in [1.165, 1.54) is 4.31 Å². The lowest BCUT2D eigenvalue weighted by atomic mass is 10.0. The maximum atomic E-state index is 14.0. The van der Waals surface area contributed by atoms with Crippen LogP contribution in [0.15, 0.2) is 95.9 Å². The first-order valence-corrected chi connectivity index (χ1v) is 16.5. The minimum Gasteiger partial charge on any atom is -0.354 e. The van der Waals surface area contributed by atoms with Crippen LogP contribution in [0.1, 0.15) is 43.7 Å². The summed E-state index contributed by atoms with van der Waals surface area (Å²) < 4.78 is 28.3. The number of hydrogen-bond acceptors (Lipinski definition) is 4. The number of rotatable bonds is 13. The van der Waals surface area contributed by atoms with Crippen molar-refractivity contribution in [1.29, 1.82) is 0 Å². The Hall–Kier alpha value is -3.88. The van der Waals surface area contributed by atoms with E-state index in [1.807, 2.05) is 60.7 Å². The zero-order valence-electron chi connectivity index (χ0n) is 24.2. The van der Waals surface area contributed by atoms with E-state index in [0.29, 0.717) is 40.4 Å². The molecule has 0 spiro atoms. The number of nitrogens with one attached hydrogen (secondary N) is 1. The molecule has 0 aliphatic carbocycles. The smallest absolute Gasteiger partial charge is 0.265 e. The lowest BCUT2D eigenvalue weighted by molar-refractivity contribution is -0.141. The van der Waals surface area contributed by atoms with Gasteiger partial charge >= 0.3 is 0 Å². The molecule has 1 N–H and O–H groups in total. The molecule has 0 fully saturated rings. The fourth-order valence-corrected chi connectivity index (χ4v) is 7.57. The molecular weight excluding hydrogens is 582 g/mol. The summed E-state index contributed by atoms with van der Waals surface area (Å²) in [6, 6.07) is 27.0. The van der Waals surface area contributed by atoms with E-state index in [1.54, 1.807) is 35.2 Å². The van der Waals surface area contributed by atoms with Crippen molar-refractivity contribution in [2.24, 2.45) is 0 Å². The van der Waals surface area contributed by atoms with Crippen molar-refractivity contribution in [3.05, 3.63) is 107 Å². The van der Waals surface area contributed by atoms with Crippen LogP contribution in [0.4, 0.5) is 5.69 Å². The molecule has 0 saturated heterocycles. The van der Waals surface area contributed by atoms with Gasteiger partial charge in [-0.3, -0.25) is 13.9 Å². The van der Waals surface area contributed by atoms with Gasteiger partial charge in [0.2, 0.25) is 11.8 Å². The summed E-state index contributed by atoms with van der Waals surface area (Å²) in [6.07, 6.45) is 2.50. The Morgan fingerprint density at radius 1 is 0.907 bits per heavy atom. The van der Waals surface area contributed by atoms with Gasteiger partial charge in [0.1, 0.15) is 6.04 Å². The van der Waals surface area contributed by atoms with Crippen LogP contribution in [0.25, 0.3) is 10.8 Å². The largest absolute Gasteiger partial charge is 0.354 e. The van der Waals surface area contributed by atoms with Crippen molar-refractivity contribution in [2.75, 3.05) is 17.4 Å². The van der Waals surface area contributed by atoms with Gasteiger partial charge in [-0.15, -0.1) is 0 Å². The molecule has 5 rings (SSSR count). The van der Waals surface area contributed by atoms with Gasteiger partial charge in [-0.2, -0.15) is 0 Å². The second-order valence-corrected chi connectivity index (χ2v) is 13.1.